The zero-order chi connectivity index (χ0) is 23.5. The smallest absolute Gasteiger partial charge is 0.303 e. The highest BCUT2D eigenvalue weighted by Gasteiger charge is 2.71. The van der Waals surface area contributed by atoms with E-state index in [-0.39, 0.29) is 30.7 Å². The van der Waals surface area contributed by atoms with Gasteiger partial charge in [0, 0.05) is 18.2 Å². The Bertz CT molecular complexity index is 1000. The summed E-state index contributed by atoms with van der Waals surface area (Å²) in [6, 6.07) is 3.96. The van der Waals surface area contributed by atoms with Crippen molar-refractivity contribution in [3.8, 4) is 11.5 Å². The van der Waals surface area contributed by atoms with E-state index in [2.05, 4.69) is 11.5 Å². The molecule has 8 heteroatoms. The van der Waals surface area contributed by atoms with Gasteiger partial charge < -0.3 is 25.2 Å². The average molecular weight is 458 g/mol. The minimum atomic E-state index is -1.08. The number of nitrogens with zero attached hydrogens (tertiary/aromatic N) is 1. The molecule has 0 amide bonds. The minimum Gasteiger partial charge on any atom is -0.504 e. The second-order valence-corrected chi connectivity index (χ2v) is 10.2. The highest BCUT2D eigenvalue weighted by atomic mass is 16.5. The minimum absolute atomic E-state index is 0.157. The number of aromatic hydroxyl groups is 1. The van der Waals surface area contributed by atoms with Crippen molar-refractivity contribution >= 4 is 11.9 Å². The van der Waals surface area contributed by atoms with Gasteiger partial charge in [-0.25, -0.2) is 0 Å². The largest absolute Gasteiger partial charge is 0.504 e. The summed E-state index contributed by atoms with van der Waals surface area (Å²) >= 11 is 0. The quantitative estimate of drug-likeness (QED) is 0.497. The number of carbonyl (C=O) groups is 2. The van der Waals surface area contributed by atoms with Crippen molar-refractivity contribution in [2.24, 2.45) is 5.92 Å². The van der Waals surface area contributed by atoms with Gasteiger partial charge in [-0.3, -0.25) is 14.5 Å². The molecule has 3 aliphatic carbocycles. The number of hydrogen-bond donors (Lipinski definition) is 4. The van der Waals surface area contributed by atoms with Crippen LogP contribution in [0.5, 0.6) is 11.5 Å². The number of likely N-dealkylation sites (tertiary alicyclic amines) is 1. The van der Waals surface area contributed by atoms with Crippen molar-refractivity contribution in [3.05, 3.63) is 35.4 Å². The molecule has 3 fully saturated rings. The first-order chi connectivity index (χ1) is 15.7. The van der Waals surface area contributed by atoms with Gasteiger partial charge in [0.15, 0.2) is 11.5 Å². The third kappa shape index (κ3) is 3.34. The number of phenols is 1. The van der Waals surface area contributed by atoms with Crippen molar-refractivity contribution in [1.29, 1.82) is 0 Å². The molecule has 4 N–H and O–H groups in total. The van der Waals surface area contributed by atoms with Crippen LogP contribution < -0.4 is 4.74 Å². The third-order valence-corrected chi connectivity index (χ3v) is 8.26. The molecule has 1 aromatic carbocycles. The second-order valence-electron chi connectivity index (χ2n) is 10.2. The highest BCUT2D eigenvalue weighted by molar-refractivity contribution is 5.75. The van der Waals surface area contributed by atoms with E-state index in [1.807, 2.05) is 6.07 Å². The number of aliphatic hydroxyl groups is 1. The molecule has 2 aliphatic heterocycles. The van der Waals surface area contributed by atoms with Gasteiger partial charge in [-0.1, -0.05) is 12.6 Å². The summed E-state index contributed by atoms with van der Waals surface area (Å²) in [5, 5.41) is 38.3. The number of piperidine rings is 1. The first-order valence-electron chi connectivity index (χ1n) is 11.8. The van der Waals surface area contributed by atoms with E-state index in [9.17, 15) is 19.8 Å². The van der Waals surface area contributed by atoms with Gasteiger partial charge in [0.25, 0.3) is 0 Å². The molecule has 178 valence electrons. The van der Waals surface area contributed by atoms with E-state index in [1.165, 1.54) is 18.4 Å². The SMILES string of the molecule is C=C1CC[C@@]2(O)[C@H]3Cc4ccc(O)c5c4[C@@]2(CCN3CC2CC2)[C@H]1O5.O=C(O)CCC(=O)O. The number of aliphatic carboxylic acids is 2. The van der Waals surface area contributed by atoms with Gasteiger partial charge >= 0.3 is 11.9 Å². The summed E-state index contributed by atoms with van der Waals surface area (Å²) in [5.41, 5.74) is 2.21. The molecular weight excluding hydrogens is 426 g/mol. The Balaban J connectivity index is 0.000000249. The molecule has 1 saturated heterocycles. The highest BCUT2D eigenvalue weighted by Crippen LogP contribution is 2.66. The zero-order valence-corrected chi connectivity index (χ0v) is 18.6. The van der Waals surface area contributed by atoms with Crippen molar-refractivity contribution in [1.82, 2.24) is 4.90 Å². The fraction of sp³-hybridized carbons (Fsp3) is 0.600. The maximum atomic E-state index is 12.1. The lowest BCUT2D eigenvalue weighted by Crippen LogP contribution is -2.75. The molecule has 33 heavy (non-hydrogen) atoms. The molecular formula is C25H31NO7. The predicted octanol–water partition coefficient (Wildman–Crippen LogP) is 2.45. The van der Waals surface area contributed by atoms with Gasteiger partial charge in [0.05, 0.1) is 23.9 Å². The van der Waals surface area contributed by atoms with Gasteiger partial charge in [-0.2, -0.15) is 0 Å². The van der Waals surface area contributed by atoms with Crippen LogP contribution in [-0.4, -0.2) is 68.1 Å². The number of rotatable bonds is 5. The molecule has 2 saturated carbocycles. The fourth-order valence-corrected chi connectivity index (χ4v) is 6.61. The molecule has 1 aromatic rings. The zero-order valence-electron chi connectivity index (χ0n) is 18.6. The van der Waals surface area contributed by atoms with Crippen LogP contribution in [0.4, 0.5) is 0 Å². The van der Waals surface area contributed by atoms with E-state index >= 15 is 0 Å². The summed E-state index contributed by atoms with van der Waals surface area (Å²) in [6.07, 6.45) is 5.20. The number of carboxylic acid groups (broad SMARTS) is 2. The predicted molar refractivity (Wildman–Crippen MR) is 118 cm³/mol. The van der Waals surface area contributed by atoms with Gasteiger partial charge in [-0.05, 0) is 68.2 Å². The summed E-state index contributed by atoms with van der Waals surface area (Å²) in [5.74, 6) is -0.516. The van der Waals surface area contributed by atoms with E-state index in [1.54, 1.807) is 6.07 Å². The van der Waals surface area contributed by atoms with Crippen LogP contribution in [0.2, 0.25) is 0 Å². The first-order valence-corrected chi connectivity index (χ1v) is 11.8. The molecule has 0 aromatic heterocycles. The Morgan fingerprint density at radius 1 is 1.15 bits per heavy atom. The van der Waals surface area contributed by atoms with Crippen LogP contribution >= 0.6 is 0 Å². The van der Waals surface area contributed by atoms with Crippen molar-refractivity contribution in [2.75, 3.05) is 13.1 Å². The number of benzene rings is 1. The molecule has 1 spiro atoms. The van der Waals surface area contributed by atoms with Crippen LogP contribution in [0.1, 0.15) is 56.1 Å². The standard InChI is InChI=1S/C21H25NO3.C4H6O4/c1-12-6-7-21(24)16-10-14-4-5-15(23)18-17(14)20(21,19(12)25-18)8-9-22(16)11-13-2-3-13;5-3(6)1-2-4(7)8/h4-5,13,16,19,23-24H,1-3,6-11H2;1-2H2,(H,5,6)(H,7,8)/t16-,19+,20+,21-;/m1./s1. The summed E-state index contributed by atoms with van der Waals surface area (Å²) in [6.45, 7) is 6.40. The second kappa shape index (κ2) is 7.74. The lowest BCUT2D eigenvalue weighted by Gasteiger charge is -2.63. The number of phenolic OH excluding ortho intramolecular Hbond substituents is 1. The third-order valence-electron chi connectivity index (χ3n) is 8.26. The molecule has 8 nitrogen and oxygen atoms in total. The molecule has 6 rings (SSSR count). The van der Waals surface area contributed by atoms with E-state index < -0.39 is 23.0 Å². The molecule has 2 bridgehead atoms. The van der Waals surface area contributed by atoms with Crippen LogP contribution in [0.3, 0.4) is 0 Å². The monoisotopic (exact) mass is 457 g/mol. The lowest BCUT2D eigenvalue weighted by molar-refractivity contribution is -0.174. The molecule has 0 unspecified atom stereocenters. The Morgan fingerprint density at radius 2 is 1.85 bits per heavy atom. The maximum absolute atomic E-state index is 12.1. The molecule has 4 atom stereocenters. The van der Waals surface area contributed by atoms with E-state index in [0.717, 1.165) is 55.8 Å². The molecule has 0 radical (unpaired) electrons. The van der Waals surface area contributed by atoms with Crippen molar-refractivity contribution < 1.29 is 34.8 Å². The number of carboxylic acids is 2. The van der Waals surface area contributed by atoms with Gasteiger partial charge in [-0.15, -0.1) is 0 Å². The van der Waals surface area contributed by atoms with E-state index in [0.29, 0.717) is 5.75 Å². The topological polar surface area (TPSA) is 128 Å². The normalized spacial score (nSPS) is 33.4. The van der Waals surface area contributed by atoms with Crippen LogP contribution in [-0.2, 0) is 21.4 Å². The Morgan fingerprint density at radius 3 is 2.48 bits per heavy atom. The molecule has 5 aliphatic rings. The Kier molecular flexibility index (Phi) is 5.21. The lowest BCUT2D eigenvalue weighted by atomic mass is 9.48. The van der Waals surface area contributed by atoms with Gasteiger partial charge in [0.1, 0.15) is 6.10 Å². The summed E-state index contributed by atoms with van der Waals surface area (Å²) in [4.78, 5) is 21.8. The van der Waals surface area contributed by atoms with Crippen molar-refractivity contribution in [3.63, 3.8) is 0 Å². The fourth-order valence-electron chi connectivity index (χ4n) is 6.61. The van der Waals surface area contributed by atoms with Crippen LogP contribution in [0.15, 0.2) is 24.3 Å². The Hall–Kier alpha value is -2.58. The number of hydrogen-bond acceptors (Lipinski definition) is 6. The number of ether oxygens (including phenoxy) is 1. The van der Waals surface area contributed by atoms with Crippen molar-refractivity contribution in [2.45, 2.75) is 74.5 Å². The van der Waals surface area contributed by atoms with E-state index in [4.69, 9.17) is 14.9 Å². The van der Waals surface area contributed by atoms with Gasteiger partial charge in [0.2, 0.25) is 0 Å². The van der Waals surface area contributed by atoms with Crippen LogP contribution in [0.25, 0.3) is 0 Å². The van der Waals surface area contributed by atoms with Crippen LogP contribution in [0, 0.1) is 5.92 Å². The summed E-state index contributed by atoms with van der Waals surface area (Å²) in [7, 11) is 0. The average Bonchev–Trinajstić information content (AvgIpc) is 3.50. The first kappa shape index (κ1) is 22.2. The Labute approximate surface area is 192 Å². The summed E-state index contributed by atoms with van der Waals surface area (Å²) < 4.78 is 6.29. The molecule has 2 heterocycles. The maximum Gasteiger partial charge on any atom is 0.303 e.